The summed E-state index contributed by atoms with van der Waals surface area (Å²) in [6, 6.07) is 11.8. The minimum absolute atomic E-state index is 0.102. The molecule has 2 aromatic carbocycles. The molecule has 1 saturated carbocycles. The van der Waals surface area contributed by atoms with Crippen molar-refractivity contribution in [2.45, 2.75) is 77.9 Å². The maximum atomic E-state index is 13.9. The topological polar surface area (TPSA) is 86.8 Å². The summed E-state index contributed by atoms with van der Waals surface area (Å²) in [5.41, 5.74) is 2.98. The van der Waals surface area contributed by atoms with Crippen LogP contribution in [0.25, 0.3) is 0 Å². The number of benzene rings is 2. The van der Waals surface area contributed by atoms with Crippen LogP contribution in [0.4, 0.5) is 5.69 Å². The van der Waals surface area contributed by atoms with Crippen molar-refractivity contribution in [2.75, 3.05) is 17.1 Å². The summed E-state index contributed by atoms with van der Waals surface area (Å²) in [6.07, 6.45) is 6.69. The molecule has 2 aromatic rings. The fourth-order valence-electron chi connectivity index (χ4n) is 4.85. The van der Waals surface area contributed by atoms with Gasteiger partial charge in [-0.05, 0) is 68.0 Å². The summed E-state index contributed by atoms with van der Waals surface area (Å²) in [5.74, 6) is -0.638. The van der Waals surface area contributed by atoms with Gasteiger partial charge in [-0.15, -0.1) is 0 Å². The van der Waals surface area contributed by atoms with Crippen LogP contribution in [0.15, 0.2) is 42.5 Å². The molecule has 0 aromatic heterocycles. The van der Waals surface area contributed by atoms with Crippen molar-refractivity contribution in [2.24, 2.45) is 0 Å². The zero-order chi connectivity index (χ0) is 27.2. The number of carbonyl (C=O) groups is 2. The first-order valence-electron chi connectivity index (χ1n) is 12.9. The Morgan fingerprint density at radius 3 is 2.30 bits per heavy atom. The van der Waals surface area contributed by atoms with Gasteiger partial charge in [-0.3, -0.25) is 13.9 Å². The molecule has 3 rings (SSSR count). The molecule has 0 bridgehead atoms. The molecule has 1 aliphatic carbocycles. The molecule has 0 saturated heterocycles. The van der Waals surface area contributed by atoms with Crippen LogP contribution in [0.3, 0.4) is 0 Å². The molecule has 37 heavy (non-hydrogen) atoms. The van der Waals surface area contributed by atoms with E-state index in [0.29, 0.717) is 17.1 Å². The zero-order valence-corrected chi connectivity index (χ0v) is 23.7. The summed E-state index contributed by atoms with van der Waals surface area (Å²) in [5, 5.41) is 3.72. The van der Waals surface area contributed by atoms with E-state index in [0.717, 1.165) is 52.9 Å². The Hall–Kier alpha value is -2.58. The van der Waals surface area contributed by atoms with E-state index in [2.05, 4.69) is 5.32 Å². The Bertz CT molecular complexity index is 1190. The number of sulfonamides is 1. The second kappa shape index (κ2) is 12.8. The molecule has 7 nitrogen and oxygen atoms in total. The number of nitrogens with zero attached hydrogens (tertiary/aromatic N) is 2. The van der Waals surface area contributed by atoms with Crippen LogP contribution >= 0.6 is 11.6 Å². The molecule has 0 radical (unpaired) electrons. The van der Waals surface area contributed by atoms with Crippen LogP contribution in [-0.4, -0.2) is 50.0 Å². The van der Waals surface area contributed by atoms with Crippen molar-refractivity contribution in [1.82, 2.24) is 10.2 Å². The zero-order valence-electron chi connectivity index (χ0n) is 22.2. The first-order valence-corrected chi connectivity index (χ1v) is 15.1. The molecule has 1 unspecified atom stereocenters. The van der Waals surface area contributed by atoms with Crippen LogP contribution in [0, 0.1) is 13.8 Å². The fourth-order valence-corrected chi connectivity index (χ4v) is 5.88. The number of hydrogen-bond donors (Lipinski definition) is 1. The van der Waals surface area contributed by atoms with Crippen molar-refractivity contribution in [3.63, 3.8) is 0 Å². The van der Waals surface area contributed by atoms with Gasteiger partial charge >= 0.3 is 0 Å². The van der Waals surface area contributed by atoms with Crippen molar-refractivity contribution >= 4 is 39.1 Å². The number of rotatable bonds is 10. The average Bonchev–Trinajstić information content (AvgIpc) is 2.85. The van der Waals surface area contributed by atoms with Gasteiger partial charge in [-0.2, -0.15) is 0 Å². The second-order valence-electron chi connectivity index (χ2n) is 9.90. The van der Waals surface area contributed by atoms with E-state index in [9.17, 15) is 18.0 Å². The molecule has 1 N–H and O–H groups in total. The minimum atomic E-state index is -3.77. The first-order chi connectivity index (χ1) is 17.5. The summed E-state index contributed by atoms with van der Waals surface area (Å²) in [7, 11) is -3.77. The Balaban J connectivity index is 1.93. The van der Waals surface area contributed by atoms with E-state index in [-0.39, 0.29) is 18.5 Å². The van der Waals surface area contributed by atoms with E-state index in [1.807, 2.05) is 39.0 Å². The predicted molar refractivity (Wildman–Crippen MR) is 149 cm³/mol. The molecule has 0 aliphatic heterocycles. The number of carbonyl (C=O) groups excluding carboxylic acids is 2. The smallest absolute Gasteiger partial charge is 0.244 e. The standard InChI is InChI=1S/C28H38ClN3O4S/c1-5-25(28(34)30-24-11-7-6-8-12-24)31(18-22-14-16-23(29)17-15-22)27(33)19-32(37(4,35)36)26-13-9-10-20(2)21(26)3/h9-10,13-17,24-25H,5-8,11-12,18-19H2,1-4H3,(H,30,34). The van der Waals surface area contributed by atoms with Crippen molar-refractivity contribution in [1.29, 1.82) is 0 Å². The lowest BCUT2D eigenvalue weighted by Crippen LogP contribution is -2.54. The lowest BCUT2D eigenvalue weighted by Gasteiger charge is -2.34. The maximum absolute atomic E-state index is 13.9. The van der Waals surface area contributed by atoms with Crippen LogP contribution in [-0.2, 0) is 26.2 Å². The third-order valence-corrected chi connectivity index (χ3v) is 8.51. The molecule has 0 spiro atoms. The van der Waals surface area contributed by atoms with E-state index < -0.39 is 28.5 Å². The Morgan fingerprint density at radius 1 is 1.05 bits per heavy atom. The number of nitrogens with one attached hydrogen (secondary N) is 1. The number of aryl methyl sites for hydroxylation is 1. The van der Waals surface area contributed by atoms with Crippen molar-refractivity contribution in [3.05, 3.63) is 64.2 Å². The predicted octanol–water partition coefficient (Wildman–Crippen LogP) is 4.98. The van der Waals surface area contributed by atoms with Crippen molar-refractivity contribution < 1.29 is 18.0 Å². The van der Waals surface area contributed by atoms with Crippen molar-refractivity contribution in [3.8, 4) is 0 Å². The van der Waals surface area contributed by atoms with Crippen LogP contribution in [0.1, 0.15) is 62.1 Å². The third-order valence-electron chi connectivity index (χ3n) is 7.13. The molecular formula is C28H38ClN3O4S. The molecule has 9 heteroatoms. The van der Waals surface area contributed by atoms with Crippen LogP contribution < -0.4 is 9.62 Å². The fraction of sp³-hybridized carbons (Fsp3) is 0.500. The molecule has 0 heterocycles. The lowest BCUT2D eigenvalue weighted by molar-refractivity contribution is -0.140. The monoisotopic (exact) mass is 547 g/mol. The Kier molecular flexibility index (Phi) is 10.0. The van der Waals surface area contributed by atoms with E-state index >= 15 is 0 Å². The second-order valence-corrected chi connectivity index (χ2v) is 12.2. The largest absolute Gasteiger partial charge is 0.352 e. The lowest BCUT2D eigenvalue weighted by atomic mass is 9.95. The highest BCUT2D eigenvalue weighted by molar-refractivity contribution is 7.92. The molecule has 1 atom stereocenters. The number of amides is 2. The van der Waals surface area contributed by atoms with Gasteiger partial charge in [0.2, 0.25) is 21.8 Å². The van der Waals surface area contributed by atoms with E-state index in [4.69, 9.17) is 11.6 Å². The quantitative estimate of drug-likeness (QED) is 0.454. The average molecular weight is 548 g/mol. The summed E-state index contributed by atoms with van der Waals surface area (Å²) < 4.78 is 26.8. The van der Waals surface area contributed by atoms with Gasteiger partial charge in [0.05, 0.1) is 11.9 Å². The van der Waals surface area contributed by atoms with Gasteiger partial charge < -0.3 is 10.2 Å². The Morgan fingerprint density at radius 2 is 1.70 bits per heavy atom. The summed E-state index contributed by atoms with van der Waals surface area (Å²) in [4.78, 5) is 28.8. The molecule has 202 valence electrons. The normalized spacial score (nSPS) is 15.2. The summed E-state index contributed by atoms with van der Waals surface area (Å²) >= 11 is 6.06. The number of halogens is 1. The highest BCUT2D eigenvalue weighted by Crippen LogP contribution is 2.26. The van der Waals surface area contributed by atoms with Gasteiger partial charge in [0, 0.05) is 17.6 Å². The SMILES string of the molecule is CCC(C(=O)NC1CCCCC1)N(Cc1ccc(Cl)cc1)C(=O)CN(c1cccc(C)c1C)S(C)(=O)=O. The van der Waals surface area contributed by atoms with Gasteiger partial charge in [-0.1, -0.05) is 62.1 Å². The van der Waals surface area contributed by atoms with E-state index in [1.165, 1.54) is 11.3 Å². The number of anilines is 1. The third kappa shape index (κ3) is 7.71. The minimum Gasteiger partial charge on any atom is -0.352 e. The highest BCUT2D eigenvalue weighted by atomic mass is 35.5. The van der Waals surface area contributed by atoms with Crippen LogP contribution in [0.5, 0.6) is 0 Å². The Labute approximate surface area is 226 Å². The molecule has 2 amide bonds. The van der Waals surface area contributed by atoms with Gasteiger partial charge in [0.25, 0.3) is 0 Å². The molecule has 1 aliphatic rings. The first kappa shape index (κ1) is 29.0. The number of hydrogen-bond acceptors (Lipinski definition) is 4. The van der Waals surface area contributed by atoms with E-state index in [1.54, 1.807) is 24.3 Å². The molecular weight excluding hydrogens is 510 g/mol. The maximum Gasteiger partial charge on any atom is 0.244 e. The summed E-state index contributed by atoms with van der Waals surface area (Å²) in [6.45, 7) is 5.37. The van der Waals surface area contributed by atoms with Gasteiger partial charge in [0.1, 0.15) is 12.6 Å². The molecule has 1 fully saturated rings. The highest BCUT2D eigenvalue weighted by Gasteiger charge is 2.33. The van der Waals surface area contributed by atoms with Gasteiger partial charge in [0.15, 0.2) is 0 Å². The van der Waals surface area contributed by atoms with Gasteiger partial charge in [-0.25, -0.2) is 8.42 Å². The van der Waals surface area contributed by atoms with Crippen LogP contribution in [0.2, 0.25) is 5.02 Å².